The third-order valence-corrected chi connectivity index (χ3v) is 4.60. The van der Waals surface area contributed by atoms with Gasteiger partial charge in [0.05, 0.1) is 5.56 Å². The number of benzene rings is 1. The third kappa shape index (κ3) is 3.13. The van der Waals surface area contributed by atoms with Crippen molar-refractivity contribution in [2.24, 2.45) is 5.92 Å². The van der Waals surface area contributed by atoms with Crippen LogP contribution in [0.2, 0.25) is 0 Å². The van der Waals surface area contributed by atoms with Gasteiger partial charge in [-0.05, 0) is 53.5 Å². The molecule has 1 aromatic rings. The van der Waals surface area contributed by atoms with Gasteiger partial charge in [0.15, 0.2) is 0 Å². The van der Waals surface area contributed by atoms with Crippen LogP contribution >= 0.6 is 34.2 Å². The first kappa shape index (κ1) is 13.1. The number of rotatable bonds is 2. The molecule has 1 saturated heterocycles. The second kappa shape index (κ2) is 6.05. The maximum absolute atomic E-state index is 12.3. The van der Waals surface area contributed by atoms with Gasteiger partial charge in [-0.25, -0.2) is 0 Å². The predicted octanol–water partition coefficient (Wildman–Crippen LogP) is 3.38. The summed E-state index contributed by atoms with van der Waals surface area (Å²) in [5.74, 6) is 1.45. The summed E-state index contributed by atoms with van der Waals surface area (Å²) < 4.78 is 1.02. The van der Waals surface area contributed by atoms with E-state index in [2.05, 4.69) is 22.6 Å². The Kier molecular flexibility index (Phi) is 4.68. The number of hydrogen-bond acceptors (Lipinski definition) is 1. The van der Waals surface area contributed by atoms with E-state index in [1.807, 2.05) is 29.2 Å². The molecule has 1 fully saturated rings. The van der Waals surface area contributed by atoms with Crippen LogP contribution in [0.15, 0.2) is 24.3 Å². The second-order valence-corrected chi connectivity index (χ2v) is 5.84. The summed E-state index contributed by atoms with van der Waals surface area (Å²) in [5.41, 5.74) is 0.817. The molecule has 1 aromatic carbocycles. The van der Waals surface area contributed by atoms with Gasteiger partial charge in [0.1, 0.15) is 0 Å². The van der Waals surface area contributed by atoms with E-state index in [4.69, 9.17) is 11.6 Å². The van der Waals surface area contributed by atoms with Crippen molar-refractivity contribution in [3.63, 3.8) is 0 Å². The number of halogens is 2. The molecule has 92 valence electrons. The highest BCUT2D eigenvalue weighted by atomic mass is 127. The zero-order chi connectivity index (χ0) is 12.3. The third-order valence-electron chi connectivity index (χ3n) is 3.22. The summed E-state index contributed by atoms with van der Waals surface area (Å²) in [7, 11) is 0. The molecule has 0 aliphatic carbocycles. The van der Waals surface area contributed by atoms with Crippen molar-refractivity contribution in [3.05, 3.63) is 33.4 Å². The summed E-state index contributed by atoms with van der Waals surface area (Å²) in [6.07, 6.45) is 2.05. The number of carbonyl (C=O) groups excluding carboxylic acids is 1. The molecule has 0 atom stereocenters. The van der Waals surface area contributed by atoms with Gasteiger partial charge in [-0.15, -0.1) is 11.6 Å². The van der Waals surface area contributed by atoms with Crippen LogP contribution in [0.1, 0.15) is 23.2 Å². The first-order chi connectivity index (χ1) is 8.22. The van der Waals surface area contributed by atoms with Crippen molar-refractivity contribution in [2.45, 2.75) is 12.8 Å². The van der Waals surface area contributed by atoms with Crippen LogP contribution in [0.5, 0.6) is 0 Å². The fraction of sp³-hybridized carbons (Fsp3) is 0.462. The highest BCUT2D eigenvalue weighted by Crippen LogP contribution is 2.21. The Morgan fingerprint density at radius 3 is 2.59 bits per heavy atom. The van der Waals surface area contributed by atoms with E-state index in [0.717, 1.165) is 35.1 Å². The lowest BCUT2D eigenvalue weighted by Gasteiger charge is -2.31. The lowest BCUT2D eigenvalue weighted by atomic mass is 9.98. The Balaban J connectivity index is 2.04. The topological polar surface area (TPSA) is 20.3 Å². The van der Waals surface area contributed by atoms with Crippen LogP contribution < -0.4 is 0 Å². The Morgan fingerprint density at radius 1 is 1.35 bits per heavy atom. The van der Waals surface area contributed by atoms with Gasteiger partial charge < -0.3 is 4.90 Å². The molecule has 0 spiro atoms. The van der Waals surface area contributed by atoms with Crippen LogP contribution in [0.4, 0.5) is 0 Å². The number of amides is 1. The fourth-order valence-electron chi connectivity index (χ4n) is 2.10. The van der Waals surface area contributed by atoms with Gasteiger partial charge in [0.2, 0.25) is 0 Å². The van der Waals surface area contributed by atoms with Crippen LogP contribution in [-0.2, 0) is 0 Å². The highest BCUT2D eigenvalue weighted by Gasteiger charge is 2.23. The van der Waals surface area contributed by atoms with Crippen molar-refractivity contribution < 1.29 is 4.79 Å². The van der Waals surface area contributed by atoms with Crippen molar-refractivity contribution in [3.8, 4) is 0 Å². The highest BCUT2D eigenvalue weighted by molar-refractivity contribution is 14.1. The molecule has 1 heterocycles. The average molecular weight is 364 g/mol. The standard InChI is InChI=1S/C13H15ClINO/c14-9-10-5-7-16(8-6-10)13(17)11-3-1-2-4-12(11)15/h1-4,10H,5-9H2. The molecular weight excluding hydrogens is 349 g/mol. The minimum absolute atomic E-state index is 0.156. The van der Waals surface area contributed by atoms with Crippen LogP contribution in [0, 0.1) is 9.49 Å². The minimum atomic E-state index is 0.156. The van der Waals surface area contributed by atoms with Crippen LogP contribution in [0.3, 0.4) is 0 Å². The molecule has 17 heavy (non-hydrogen) atoms. The SMILES string of the molecule is O=C(c1ccccc1I)N1CCC(CCl)CC1. The van der Waals surface area contributed by atoms with Crippen molar-refractivity contribution in [1.29, 1.82) is 0 Å². The molecule has 0 bridgehead atoms. The molecule has 2 nitrogen and oxygen atoms in total. The molecule has 0 aromatic heterocycles. The number of likely N-dealkylation sites (tertiary alicyclic amines) is 1. The maximum Gasteiger partial charge on any atom is 0.254 e. The van der Waals surface area contributed by atoms with E-state index in [1.165, 1.54) is 0 Å². The van der Waals surface area contributed by atoms with E-state index in [1.54, 1.807) is 0 Å². The summed E-state index contributed by atoms with van der Waals surface area (Å²) >= 11 is 8.06. The average Bonchev–Trinajstić information content (AvgIpc) is 2.39. The smallest absolute Gasteiger partial charge is 0.254 e. The lowest BCUT2D eigenvalue weighted by Crippen LogP contribution is -2.39. The van der Waals surface area contributed by atoms with Crippen molar-refractivity contribution in [1.82, 2.24) is 4.90 Å². The summed E-state index contributed by atoms with van der Waals surface area (Å²) in [6, 6.07) is 7.75. The fourth-order valence-corrected chi connectivity index (χ4v) is 3.02. The molecular formula is C13H15ClINO. The maximum atomic E-state index is 12.3. The Hall–Kier alpha value is -0.290. The summed E-state index contributed by atoms with van der Waals surface area (Å²) in [6.45, 7) is 1.67. The van der Waals surface area contributed by atoms with Gasteiger partial charge >= 0.3 is 0 Å². The lowest BCUT2D eigenvalue weighted by molar-refractivity contribution is 0.0697. The predicted molar refractivity (Wildman–Crippen MR) is 78.5 cm³/mol. The van der Waals surface area contributed by atoms with Gasteiger partial charge in [0.25, 0.3) is 5.91 Å². The van der Waals surface area contributed by atoms with Crippen molar-refractivity contribution in [2.75, 3.05) is 19.0 Å². The first-order valence-corrected chi connectivity index (χ1v) is 7.43. The molecule has 1 aliphatic heterocycles. The number of nitrogens with zero attached hydrogens (tertiary/aromatic N) is 1. The summed E-state index contributed by atoms with van der Waals surface area (Å²) in [4.78, 5) is 14.2. The monoisotopic (exact) mass is 363 g/mol. The molecule has 4 heteroatoms. The Bertz CT molecular complexity index is 402. The number of hydrogen-bond donors (Lipinski definition) is 0. The number of alkyl halides is 1. The summed E-state index contributed by atoms with van der Waals surface area (Å²) in [5, 5.41) is 0. The van der Waals surface area contributed by atoms with E-state index in [9.17, 15) is 4.79 Å². The molecule has 0 N–H and O–H groups in total. The van der Waals surface area contributed by atoms with E-state index in [-0.39, 0.29) is 5.91 Å². The normalized spacial score (nSPS) is 17.2. The van der Waals surface area contributed by atoms with Gasteiger partial charge in [-0.2, -0.15) is 0 Å². The molecule has 1 amide bonds. The zero-order valence-electron chi connectivity index (χ0n) is 9.53. The van der Waals surface area contributed by atoms with E-state index in [0.29, 0.717) is 11.8 Å². The Labute approximate surface area is 120 Å². The van der Waals surface area contributed by atoms with E-state index >= 15 is 0 Å². The van der Waals surface area contributed by atoms with Gasteiger partial charge in [-0.3, -0.25) is 4.79 Å². The number of carbonyl (C=O) groups is 1. The molecule has 1 aliphatic rings. The quantitative estimate of drug-likeness (QED) is 0.583. The molecule has 2 rings (SSSR count). The minimum Gasteiger partial charge on any atom is -0.339 e. The van der Waals surface area contributed by atoms with Crippen LogP contribution in [-0.4, -0.2) is 29.8 Å². The van der Waals surface area contributed by atoms with Crippen molar-refractivity contribution >= 4 is 40.1 Å². The van der Waals surface area contributed by atoms with Gasteiger partial charge in [0, 0.05) is 22.5 Å². The van der Waals surface area contributed by atoms with Crippen LogP contribution in [0.25, 0.3) is 0 Å². The second-order valence-electron chi connectivity index (χ2n) is 4.37. The van der Waals surface area contributed by atoms with E-state index < -0.39 is 0 Å². The Morgan fingerprint density at radius 2 is 2.00 bits per heavy atom. The zero-order valence-corrected chi connectivity index (χ0v) is 12.4. The molecule has 0 radical (unpaired) electrons. The molecule has 0 unspecified atom stereocenters. The van der Waals surface area contributed by atoms with Gasteiger partial charge in [-0.1, -0.05) is 12.1 Å². The molecule has 0 saturated carbocycles. The number of piperidine rings is 1. The largest absolute Gasteiger partial charge is 0.339 e. The first-order valence-electron chi connectivity index (χ1n) is 5.82.